The topological polar surface area (TPSA) is 91.6 Å². The van der Waals surface area contributed by atoms with Crippen LogP contribution < -0.4 is 5.32 Å². The Bertz CT molecular complexity index is 436. The normalized spacial score (nSPS) is 16.5. The lowest BCUT2D eigenvalue weighted by molar-refractivity contribution is -0.140. The van der Waals surface area contributed by atoms with E-state index in [-0.39, 0.29) is 0 Å². The maximum Gasteiger partial charge on any atom is 0.328 e. The fourth-order valence-corrected chi connectivity index (χ4v) is 1.67. The van der Waals surface area contributed by atoms with Crippen LogP contribution in [0.2, 0.25) is 0 Å². The summed E-state index contributed by atoms with van der Waals surface area (Å²) in [5.41, 5.74) is 0.437. The predicted molar refractivity (Wildman–Crippen MR) is 58.7 cm³/mol. The molecule has 0 aromatic carbocycles. The monoisotopic (exact) mass is 238 g/mol. The molecule has 6 heteroatoms. The van der Waals surface area contributed by atoms with Crippen molar-refractivity contribution in [2.24, 2.45) is 0 Å². The van der Waals surface area contributed by atoms with Crippen LogP contribution in [0.1, 0.15) is 29.4 Å². The van der Waals surface area contributed by atoms with Crippen molar-refractivity contribution in [1.82, 2.24) is 9.88 Å². The Morgan fingerprint density at radius 1 is 1.53 bits per heavy atom. The van der Waals surface area contributed by atoms with E-state index in [4.69, 9.17) is 10.2 Å². The molecule has 2 rings (SSSR count). The van der Waals surface area contributed by atoms with Crippen LogP contribution in [0.15, 0.2) is 18.3 Å². The molecule has 1 unspecified atom stereocenters. The molecule has 1 aliphatic carbocycles. The van der Waals surface area contributed by atoms with Gasteiger partial charge in [-0.1, -0.05) is 0 Å². The van der Waals surface area contributed by atoms with E-state index in [1.807, 2.05) is 4.57 Å². The van der Waals surface area contributed by atoms with Crippen LogP contribution in [0, 0.1) is 0 Å². The van der Waals surface area contributed by atoms with Gasteiger partial charge in [0.1, 0.15) is 5.69 Å². The Balaban J connectivity index is 2.08. The minimum Gasteiger partial charge on any atom is -0.480 e. The van der Waals surface area contributed by atoms with Gasteiger partial charge < -0.3 is 20.1 Å². The fraction of sp³-hybridized carbons (Fsp3) is 0.455. The number of aliphatic carboxylic acids is 1. The molecule has 0 radical (unpaired) electrons. The van der Waals surface area contributed by atoms with Gasteiger partial charge >= 0.3 is 5.97 Å². The molecule has 6 nitrogen and oxygen atoms in total. The van der Waals surface area contributed by atoms with Gasteiger partial charge in [0.05, 0.1) is 6.61 Å². The van der Waals surface area contributed by atoms with Crippen molar-refractivity contribution >= 4 is 11.9 Å². The number of nitrogens with zero attached hydrogens (tertiary/aromatic N) is 1. The molecule has 17 heavy (non-hydrogen) atoms. The molecule has 1 saturated carbocycles. The Morgan fingerprint density at radius 3 is 2.76 bits per heavy atom. The number of aliphatic hydroxyl groups excluding tert-OH is 1. The Labute approximate surface area is 97.9 Å². The zero-order valence-electron chi connectivity index (χ0n) is 9.17. The molecule has 3 N–H and O–H groups in total. The third kappa shape index (κ3) is 2.47. The molecule has 1 fully saturated rings. The number of rotatable bonds is 5. The lowest BCUT2D eigenvalue weighted by Gasteiger charge is -2.13. The van der Waals surface area contributed by atoms with Gasteiger partial charge in [-0.05, 0) is 25.0 Å². The van der Waals surface area contributed by atoms with E-state index >= 15 is 0 Å². The number of aliphatic hydroxyl groups is 1. The summed E-state index contributed by atoms with van der Waals surface area (Å²) in [6.45, 7) is -0.620. The first-order valence-electron chi connectivity index (χ1n) is 5.45. The third-order valence-corrected chi connectivity index (χ3v) is 2.74. The van der Waals surface area contributed by atoms with E-state index in [1.54, 1.807) is 18.3 Å². The fourth-order valence-electron chi connectivity index (χ4n) is 1.67. The Hall–Kier alpha value is -1.82. The van der Waals surface area contributed by atoms with Crippen molar-refractivity contribution in [2.45, 2.75) is 24.9 Å². The SMILES string of the molecule is O=C(NC(CO)C(=O)O)c1cccn1C1CC1. The van der Waals surface area contributed by atoms with Gasteiger partial charge in [0.2, 0.25) is 0 Å². The first-order chi connectivity index (χ1) is 8.13. The minimum atomic E-state index is -1.26. The van der Waals surface area contributed by atoms with Crippen LogP contribution in [0.5, 0.6) is 0 Å². The number of carboxylic acids is 1. The summed E-state index contributed by atoms with van der Waals surface area (Å²) >= 11 is 0. The molecule has 1 aliphatic rings. The molecule has 0 bridgehead atoms. The Morgan fingerprint density at radius 2 is 2.24 bits per heavy atom. The van der Waals surface area contributed by atoms with E-state index in [1.165, 1.54) is 0 Å². The van der Waals surface area contributed by atoms with Crippen LogP contribution in [0.25, 0.3) is 0 Å². The molecule has 0 saturated heterocycles. The number of hydrogen-bond acceptors (Lipinski definition) is 3. The van der Waals surface area contributed by atoms with Gasteiger partial charge in [0.15, 0.2) is 6.04 Å². The molecule has 1 aromatic rings. The summed E-state index contributed by atoms with van der Waals surface area (Å²) < 4.78 is 1.84. The standard InChI is InChI=1S/C11H14N2O4/c14-6-8(11(16)17)12-10(15)9-2-1-5-13(9)7-3-4-7/h1-2,5,7-8,14H,3-4,6H2,(H,12,15)(H,16,17). The summed E-state index contributed by atoms with van der Waals surface area (Å²) in [6, 6.07) is 2.49. The van der Waals surface area contributed by atoms with Crippen LogP contribution in [0.3, 0.4) is 0 Å². The summed E-state index contributed by atoms with van der Waals surface area (Å²) in [6.07, 6.45) is 3.88. The highest BCUT2D eigenvalue weighted by atomic mass is 16.4. The zero-order chi connectivity index (χ0) is 12.4. The highest BCUT2D eigenvalue weighted by Crippen LogP contribution is 2.35. The lowest BCUT2D eigenvalue weighted by Crippen LogP contribution is -2.43. The molecule has 1 amide bonds. The molecular formula is C11H14N2O4. The second-order valence-electron chi connectivity index (χ2n) is 4.08. The predicted octanol–water partition coefficient (Wildman–Crippen LogP) is -0.00170. The second kappa shape index (κ2) is 4.58. The number of nitrogens with one attached hydrogen (secondary N) is 1. The molecule has 0 spiro atoms. The third-order valence-electron chi connectivity index (χ3n) is 2.74. The molecule has 1 aromatic heterocycles. The lowest BCUT2D eigenvalue weighted by atomic mass is 10.3. The minimum absolute atomic E-state index is 0.350. The van der Waals surface area contributed by atoms with Gasteiger partial charge in [0.25, 0.3) is 5.91 Å². The quantitative estimate of drug-likeness (QED) is 0.673. The van der Waals surface area contributed by atoms with Crippen molar-refractivity contribution in [3.8, 4) is 0 Å². The van der Waals surface area contributed by atoms with E-state index < -0.39 is 24.5 Å². The van der Waals surface area contributed by atoms with Crippen LogP contribution in [-0.2, 0) is 4.79 Å². The van der Waals surface area contributed by atoms with Gasteiger partial charge in [0, 0.05) is 12.2 Å². The Kier molecular flexibility index (Phi) is 3.14. The highest BCUT2D eigenvalue weighted by Gasteiger charge is 2.28. The van der Waals surface area contributed by atoms with E-state index in [0.717, 1.165) is 12.8 Å². The molecule has 92 valence electrons. The van der Waals surface area contributed by atoms with Crippen LogP contribution >= 0.6 is 0 Å². The molecule has 1 heterocycles. The van der Waals surface area contributed by atoms with Gasteiger partial charge in [-0.2, -0.15) is 0 Å². The van der Waals surface area contributed by atoms with Gasteiger partial charge in [-0.3, -0.25) is 4.79 Å². The number of hydrogen-bond donors (Lipinski definition) is 3. The first-order valence-corrected chi connectivity index (χ1v) is 5.45. The van der Waals surface area contributed by atoms with E-state index in [9.17, 15) is 9.59 Å². The average molecular weight is 238 g/mol. The molecule has 0 aliphatic heterocycles. The van der Waals surface area contributed by atoms with E-state index in [0.29, 0.717) is 11.7 Å². The van der Waals surface area contributed by atoms with Gasteiger partial charge in [-0.15, -0.1) is 0 Å². The van der Waals surface area contributed by atoms with Crippen molar-refractivity contribution < 1.29 is 19.8 Å². The number of aromatic nitrogens is 1. The van der Waals surface area contributed by atoms with E-state index in [2.05, 4.69) is 5.32 Å². The summed E-state index contributed by atoms with van der Waals surface area (Å²) in [5.74, 6) is -1.71. The van der Waals surface area contributed by atoms with Crippen LogP contribution in [0.4, 0.5) is 0 Å². The van der Waals surface area contributed by atoms with Crippen molar-refractivity contribution in [1.29, 1.82) is 0 Å². The van der Waals surface area contributed by atoms with Crippen LogP contribution in [-0.4, -0.2) is 39.3 Å². The number of carboxylic acid groups (broad SMARTS) is 1. The maximum absolute atomic E-state index is 11.8. The highest BCUT2D eigenvalue weighted by molar-refractivity contribution is 5.95. The first kappa shape index (κ1) is 11.7. The average Bonchev–Trinajstić information content (AvgIpc) is 3.03. The van der Waals surface area contributed by atoms with Gasteiger partial charge in [-0.25, -0.2) is 4.79 Å². The summed E-state index contributed by atoms with van der Waals surface area (Å²) in [7, 11) is 0. The van der Waals surface area contributed by atoms with Crippen molar-refractivity contribution in [2.75, 3.05) is 6.61 Å². The smallest absolute Gasteiger partial charge is 0.328 e. The molecular weight excluding hydrogens is 224 g/mol. The largest absolute Gasteiger partial charge is 0.480 e. The maximum atomic E-state index is 11.8. The number of amides is 1. The number of carbonyl (C=O) groups is 2. The zero-order valence-corrected chi connectivity index (χ0v) is 9.17. The summed E-state index contributed by atoms with van der Waals surface area (Å²) in [5, 5.41) is 19.8. The molecule has 1 atom stereocenters. The van der Waals surface area contributed by atoms with Crippen molar-refractivity contribution in [3.05, 3.63) is 24.0 Å². The number of carbonyl (C=O) groups excluding carboxylic acids is 1. The van der Waals surface area contributed by atoms with Crippen molar-refractivity contribution in [3.63, 3.8) is 0 Å². The second-order valence-corrected chi connectivity index (χ2v) is 4.08. The summed E-state index contributed by atoms with van der Waals surface area (Å²) in [4.78, 5) is 22.5.